The van der Waals surface area contributed by atoms with Gasteiger partial charge in [-0.25, -0.2) is 4.79 Å². The number of thioether (sulfide) groups is 1. The molecule has 1 heterocycles. The summed E-state index contributed by atoms with van der Waals surface area (Å²) in [7, 11) is 0. The Morgan fingerprint density at radius 3 is 2.30 bits per heavy atom. The van der Waals surface area contributed by atoms with Crippen LogP contribution in [-0.4, -0.2) is 35.5 Å². The minimum atomic E-state index is -0.520. The van der Waals surface area contributed by atoms with Gasteiger partial charge >= 0.3 is 5.97 Å². The Bertz CT molecular complexity index is 2130. The molecule has 3 amide bonds. The van der Waals surface area contributed by atoms with Crippen LogP contribution in [0.4, 0.5) is 10.7 Å². The van der Waals surface area contributed by atoms with Crippen molar-refractivity contribution in [2.45, 2.75) is 50.2 Å². The molecule has 0 bridgehead atoms. The Balaban J connectivity index is 1.17. The van der Waals surface area contributed by atoms with Gasteiger partial charge in [-0.15, -0.1) is 23.1 Å². The molecule has 3 N–H and O–H groups in total. The molecule has 2 unspecified atom stereocenters. The van der Waals surface area contributed by atoms with Crippen LogP contribution < -0.4 is 16.0 Å². The van der Waals surface area contributed by atoms with Crippen LogP contribution in [0.1, 0.15) is 63.9 Å². The van der Waals surface area contributed by atoms with E-state index < -0.39 is 23.0 Å². The van der Waals surface area contributed by atoms with Gasteiger partial charge in [0.2, 0.25) is 5.91 Å². The number of carbonyl (C=O) groups is 4. The second kappa shape index (κ2) is 17.4. The quantitative estimate of drug-likeness (QED) is 0.0667. The minimum Gasteiger partial charge on any atom is -0.462 e. The van der Waals surface area contributed by atoms with Crippen LogP contribution in [0.3, 0.4) is 0 Å². The Morgan fingerprint density at radius 2 is 1.58 bits per heavy atom. The first-order valence-corrected chi connectivity index (χ1v) is 19.3. The maximum Gasteiger partial charge on any atom is 0.341 e. The highest BCUT2D eigenvalue weighted by atomic mass is 32.2. The molecule has 4 aromatic carbocycles. The molecule has 1 aliphatic carbocycles. The van der Waals surface area contributed by atoms with Gasteiger partial charge in [0.25, 0.3) is 11.8 Å². The second-order valence-electron chi connectivity index (χ2n) is 12.9. The Kier molecular flexibility index (Phi) is 12.2. The SMILES string of the molecule is CCOC(=O)c1c(NC(=O)C(C)Sc2cccc(NC(=O)/C(=C\c3ccc(-c4ccccc4)cc3)NC(=O)c3ccccc3)c2)sc2c1CCC(C)C2. The average molecular weight is 744 g/mol. The molecular weight excluding hydrogens is 703 g/mol. The number of anilines is 2. The molecule has 8 nitrogen and oxygen atoms in total. The van der Waals surface area contributed by atoms with Gasteiger partial charge in [0.05, 0.1) is 17.4 Å². The van der Waals surface area contributed by atoms with Crippen molar-refractivity contribution < 1.29 is 23.9 Å². The molecule has 0 saturated heterocycles. The molecule has 1 aliphatic rings. The van der Waals surface area contributed by atoms with Crippen molar-refractivity contribution in [3.8, 4) is 11.1 Å². The van der Waals surface area contributed by atoms with Crippen LogP contribution in [0, 0.1) is 5.92 Å². The van der Waals surface area contributed by atoms with Crippen LogP contribution >= 0.6 is 23.1 Å². The topological polar surface area (TPSA) is 114 Å². The predicted octanol–water partition coefficient (Wildman–Crippen LogP) is 9.25. The van der Waals surface area contributed by atoms with Gasteiger partial charge in [-0.1, -0.05) is 85.8 Å². The highest BCUT2D eigenvalue weighted by Gasteiger charge is 2.30. The van der Waals surface area contributed by atoms with Gasteiger partial charge in [-0.05, 0) is 97.7 Å². The molecule has 5 aromatic rings. The zero-order chi connectivity index (χ0) is 37.3. The van der Waals surface area contributed by atoms with Gasteiger partial charge in [-0.3, -0.25) is 14.4 Å². The van der Waals surface area contributed by atoms with Gasteiger partial charge in [0, 0.05) is 21.0 Å². The number of rotatable bonds is 12. The summed E-state index contributed by atoms with van der Waals surface area (Å²) in [6.07, 6.45) is 4.29. The molecule has 10 heteroatoms. The zero-order valence-electron chi connectivity index (χ0n) is 29.8. The third-order valence-corrected chi connectivity index (χ3v) is 11.1. The molecule has 0 fully saturated rings. The van der Waals surface area contributed by atoms with Crippen molar-refractivity contribution in [3.63, 3.8) is 0 Å². The number of nitrogens with one attached hydrogen (secondary N) is 3. The number of esters is 1. The number of thiophene rings is 1. The van der Waals surface area contributed by atoms with Crippen molar-refractivity contribution in [1.82, 2.24) is 5.32 Å². The van der Waals surface area contributed by atoms with E-state index >= 15 is 0 Å². The largest absolute Gasteiger partial charge is 0.462 e. The standard InChI is InChI=1S/C43H41N3O5S2/c1-4-51-43(50)38-35-23-18-27(2)24-37(35)53-42(38)46-39(47)28(3)52-34-17-11-16-33(26-34)44-41(49)36(45-40(48)32-14-9-6-10-15-32)25-29-19-21-31(22-20-29)30-12-7-5-8-13-30/h5-17,19-22,25-28H,4,18,23-24H2,1-3H3,(H,44,49)(H,45,48)(H,46,47)/b36-25+. The van der Waals surface area contributed by atoms with E-state index in [9.17, 15) is 19.2 Å². The lowest BCUT2D eigenvalue weighted by molar-refractivity contribution is -0.115. The first-order valence-electron chi connectivity index (χ1n) is 17.6. The van der Waals surface area contributed by atoms with Crippen molar-refractivity contribution in [1.29, 1.82) is 0 Å². The number of hydrogen-bond acceptors (Lipinski definition) is 7. The van der Waals surface area contributed by atoms with E-state index in [2.05, 4.69) is 22.9 Å². The van der Waals surface area contributed by atoms with Crippen molar-refractivity contribution >= 4 is 63.6 Å². The lowest BCUT2D eigenvalue weighted by Crippen LogP contribution is -2.30. The summed E-state index contributed by atoms with van der Waals surface area (Å²) < 4.78 is 5.37. The summed E-state index contributed by atoms with van der Waals surface area (Å²) in [6, 6.07) is 33.6. The average Bonchev–Trinajstić information content (AvgIpc) is 3.52. The molecule has 270 valence electrons. The summed E-state index contributed by atoms with van der Waals surface area (Å²) in [5.74, 6) is -1.05. The number of carbonyl (C=O) groups excluding carboxylic acids is 4. The van der Waals surface area contributed by atoms with E-state index in [-0.39, 0.29) is 18.2 Å². The summed E-state index contributed by atoms with van der Waals surface area (Å²) >= 11 is 2.79. The highest BCUT2D eigenvalue weighted by Crippen LogP contribution is 2.40. The third kappa shape index (κ3) is 9.51. The molecule has 0 aliphatic heterocycles. The fraction of sp³-hybridized carbons (Fsp3) is 0.209. The second-order valence-corrected chi connectivity index (χ2v) is 15.4. The van der Waals surface area contributed by atoms with Crippen molar-refractivity contribution in [2.24, 2.45) is 5.92 Å². The highest BCUT2D eigenvalue weighted by molar-refractivity contribution is 8.00. The summed E-state index contributed by atoms with van der Waals surface area (Å²) in [5, 5.41) is 8.74. The smallest absolute Gasteiger partial charge is 0.341 e. The number of benzene rings is 4. The van der Waals surface area contributed by atoms with Gasteiger partial charge < -0.3 is 20.7 Å². The fourth-order valence-corrected chi connectivity index (χ4v) is 8.41. The van der Waals surface area contributed by atoms with Crippen LogP contribution in [0.25, 0.3) is 17.2 Å². The number of hydrogen-bond donors (Lipinski definition) is 3. The van der Waals surface area contributed by atoms with E-state index in [0.717, 1.165) is 51.3 Å². The molecule has 1 aromatic heterocycles. The van der Waals surface area contributed by atoms with E-state index in [1.54, 1.807) is 62.4 Å². The Morgan fingerprint density at radius 1 is 0.887 bits per heavy atom. The van der Waals surface area contributed by atoms with Crippen molar-refractivity contribution in [2.75, 3.05) is 17.2 Å². The van der Waals surface area contributed by atoms with Gasteiger partial charge in [-0.2, -0.15) is 0 Å². The van der Waals surface area contributed by atoms with Crippen molar-refractivity contribution in [3.05, 3.63) is 142 Å². The fourth-order valence-electron chi connectivity index (χ4n) is 6.09. The van der Waals surface area contributed by atoms with Crippen LogP contribution in [0.15, 0.2) is 120 Å². The monoisotopic (exact) mass is 743 g/mol. The number of ether oxygens (including phenoxy) is 1. The lowest BCUT2D eigenvalue weighted by Gasteiger charge is -2.18. The molecular formula is C43H41N3O5S2. The van der Waals surface area contributed by atoms with Gasteiger partial charge in [0.15, 0.2) is 0 Å². The van der Waals surface area contributed by atoms with Crippen LogP contribution in [0.5, 0.6) is 0 Å². The van der Waals surface area contributed by atoms with Crippen LogP contribution in [0.2, 0.25) is 0 Å². The maximum absolute atomic E-state index is 13.8. The molecule has 6 rings (SSSR count). The minimum absolute atomic E-state index is 0.0718. The summed E-state index contributed by atoms with van der Waals surface area (Å²) in [4.78, 5) is 55.3. The Hall–Kier alpha value is -5.45. The predicted molar refractivity (Wildman–Crippen MR) is 214 cm³/mol. The lowest BCUT2D eigenvalue weighted by atomic mass is 9.88. The molecule has 0 radical (unpaired) electrons. The molecule has 2 atom stereocenters. The van der Waals surface area contributed by atoms with E-state index in [1.807, 2.05) is 66.7 Å². The van der Waals surface area contributed by atoms with E-state index in [1.165, 1.54) is 23.1 Å². The molecule has 0 spiro atoms. The van der Waals surface area contributed by atoms with E-state index in [4.69, 9.17) is 4.74 Å². The van der Waals surface area contributed by atoms with Gasteiger partial charge in [0.1, 0.15) is 10.7 Å². The molecule has 53 heavy (non-hydrogen) atoms. The van der Waals surface area contributed by atoms with E-state index in [0.29, 0.717) is 27.7 Å². The number of fused-ring (bicyclic) bond motifs is 1. The number of amides is 3. The summed E-state index contributed by atoms with van der Waals surface area (Å²) in [6.45, 7) is 6.02. The first-order chi connectivity index (χ1) is 25.7. The normalized spacial score (nSPS) is 14.4. The maximum atomic E-state index is 13.8. The third-order valence-electron chi connectivity index (χ3n) is 8.86. The van der Waals surface area contributed by atoms with Crippen LogP contribution in [-0.2, 0) is 27.2 Å². The molecule has 0 saturated carbocycles. The summed E-state index contributed by atoms with van der Waals surface area (Å²) in [5.41, 5.74) is 5.29. The Labute approximate surface area is 318 Å². The first kappa shape index (κ1) is 37.3. The zero-order valence-corrected chi connectivity index (χ0v) is 31.4.